The lowest BCUT2D eigenvalue weighted by molar-refractivity contribution is 0.551. The number of hydrogen-bond donors (Lipinski definition) is 1. The molecule has 2 rings (SSSR count). The highest BCUT2D eigenvalue weighted by Crippen LogP contribution is 2.27. The minimum absolute atomic E-state index is 0.168. The number of nitrogens with zero attached hydrogens (tertiary/aromatic N) is 2. The molecule has 20 heavy (non-hydrogen) atoms. The fourth-order valence-electron chi connectivity index (χ4n) is 1.29. The summed E-state index contributed by atoms with van der Waals surface area (Å²) in [6.45, 7) is 0. The van der Waals surface area contributed by atoms with Gasteiger partial charge in [-0.25, -0.2) is 27.2 Å². The third kappa shape index (κ3) is 2.97. The molecule has 0 fully saturated rings. The summed E-state index contributed by atoms with van der Waals surface area (Å²) in [4.78, 5) is 6.37. The summed E-state index contributed by atoms with van der Waals surface area (Å²) in [5.74, 6) is -2.45. The third-order valence-electron chi connectivity index (χ3n) is 2.16. The van der Waals surface area contributed by atoms with Crippen LogP contribution in [0.4, 0.5) is 14.6 Å². The van der Waals surface area contributed by atoms with Crippen molar-refractivity contribution < 1.29 is 17.2 Å². The Kier molecular flexibility index (Phi) is 4.07. The van der Waals surface area contributed by atoms with Crippen molar-refractivity contribution in [2.45, 2.75) is 4.90 Å². The van der Waals surface area contributed by atoms with Gasteiger partial charge < -0.3 is 0 Å². The summed E-state index contributed by atoms with van der Waals surface area (Å²) >= 11 is 11.3. The van der Waals surface area contributed by atoms with Gasteiger partial charge in [-0.05, 0) is 12.1 Å². The van der Waals surface area contributed by atoms with Crippen molar-refractivity contribution in [3.63, 3.8) is 0 Å². The molecule has 10 heteroatoms. The van der Waals surface area contributed by atoms with Crippen LogP contribution < -0.4 is 4.72 Å². The highest BCUT2D eigenvalue weighted by Gasteiger charge is 2.22. The number of rotatable bonds is 3. The van der Waals surface area contributed by atoms with Crippen molar-refractivity contribution in [1.29, 1.82) is 0 Å². The lowest BCUT2D eigenvalue weighted by Crippen LogP contribution is -2.16. The van der Waals surface area contributed by atoms with E-state index in [0.29, 0.717) is 6.07 Å². The molecule has 1 N–H and O–H groups in total. The van der Waals surface area contributed by atoms with Gasteiger partial charge in [0.2, 0.25) is 0 Å². The zero-order chi connectivity index (χ0) is 14.9. The Bertz CT molecular complexity index is 771. The molecule has 0 unspecified atom stereocenters. The van der Waals surface area contributed by atoms with Crippen LogP contribution in [0.1, 0.15) is 0 Å². The molecule has 0 saturated carbocycles. The van der Waals surface area contributed by atoms with Gasteiger partial charge in [0.05, 0.1) is 0 Å². The van der Waals surface area contributed by atoms with Gasteiger partial charge in [0.25, 0.3) is 10.0 Å². The average Bonchev–Trinajstić information content (AvgIpc) is 2.34. The first-order chi connectivity index (χ1) is 9.31. The van der Waals surface area contributed by atoms with Crippen LogP contribution in [0, 0.1) is 11.6 Å². The predicted molar refractivity (Wildman–Crippen MR) is 69.2 cm³/mol. The normalized spacial score (nSPS) is 11.4. The number of aromatic nitrogens is 2. The molecule has 1 aromatic carbocycles. The van der Waals surface area contributed by atoms with Crippen LogP contribution in [0.5, 0.6) is 0 Å². The molecule has 1 aromatic heterocycles. The maximum atomic E-state index is 13.5. The average molecular weight is 340 g/mol. The second-order valence-electron chi connectivity index (χ2n) is 3.51. The molecule has 0 bridgehead atoms. The van der Waals surface area contributed by atoms with E-state index < -0.39 is 26.6 Å². The molecule has 106 valence electrons. The van der Waals surface area contributed by atoms with E-state index in [-0.39, 0.29) is 16.0 Å². The Morgan fingerprint density at radius 2 is 1.85 bits per heavy atom. The fourth-order valence-corrected chi connectivity index (χ4v) is 2.71. The van der Waals surface area contributed by atoms with E-state index >= 15 is 0 Å². The van der Waals surface area contributed by atoms with E-state index in [2.05, 4.69) is 9.97 Å². The van der Waals surface area contributed by atoms with Crippen molar-refractivity contribution in [1.82, 2.24) is 9.97 Å². The number of nitrogens with one attached hydrogen (secondary N) is 1. The zero-order valence-corrected chi connectivity index (χ0v) is 11.8. The maximum absolute atomic E-state index is 13.5. The van der Waals surface area contributed by atoms with Crippen LogP contribution in [0.3, 0.4) is 0 Å². The van der Waals surface area contributed by atoms with Crippen LogP contribution in [0.2, 0.25) is 10.2 Å². The molecule has 2 aromatic rings. The number of sulfonamides is 1. The number of benzene rings is 1. The first kappa shape index (κ1) is 14.9. The Labute approximate surface area is 122 Å². The van der Waals surface area contributed by atoms with E-state index in [4.69, 9.17) is 23.2 Å². The summed E-state index contributed by atoms with van der Waals surface area (Å²) in [5.41, 5.74) is 0. The lowest BCUT2D eigenvalue weighted by Gasteiger charge is -2.09. The largest absolute Gasteiger partial charge is 0.266 e. The van der Waals surface area contributed by atoms with Gasteiger partial charge in [0.1, 0.15) is 27.9 Å². The van der Waals surface area contributed by atoms with E-state index in [9.17, 15) is 17.2 Å². The Hall–Kier alpha value is -1.51. The molecule has 0 amide bonds. The monoisotopic (exact) mass is 339 g/mol. The highest BCUT2D eigenvalue weighted by atomic mass is 35.5. The predicted octanol–water partition coefficient (Wildman–Crippen LogP) is 2.86. The molecular weight excluding hydrogens is 335 g/mol. The third-order valence-corrected chi connectivity index (χ3v) is 4.27. The molecule has 0 aliphatic carbocycles. The van der Waals surface area contributed by atoms with Crippen LogP contribution in [0.15, 0.2) is 29.4 Å². The smallest absolute Gasteiger partial charge is 0.262 e. The summed E-state index contributed by atoms with van der Waals surface area (Å²) in [6, 6.07) is 2.04. The number of hydrogen-bond acceptors (Lipinski definition) is 4. The van der Waals surface area contributed by atoms with Gasteiger partial charge in [-0.2, -0.15) is 0 Å². The topological polar surface area (TPSA) is 72.0 Å². The minimum atomic E-state index is -4.33. The summed E-state index contributed by atoms with van der Waals surface area (Å²) in [6.07, 6.45) is 0.979. The van der Waals surface area contributed by atoms with Crippen LogP contribution in [0.25, 0.3) is 0 Å². The molecule has 0 aliphatic rings. The zero-order valence-electron chi connectivity index (χ0n) is 9.44. The maximum Gasteiger partial charge on any atom is 0.266 e. The molecule has 5 nitrogen and oxygen atoms in total. The second kappa shape index (κ2) is 5.47. The van der Waals surface area contributed by atoms with E-state index in [0.717, 1.165) is 18.5 Å². The molecule has 0 spiro atoms. The first-order valence-electron chi connectivity index (χ1n) is 4.95. The van der Waals surface area contributed by atoms with Gasteiger partial charge in [-0.1, -0.05) is 23.2 Å². The van der Waals surface area contributed by atoms with Crippen molar-refractivity contribution in [3.05, 3.63) is 46.3 Å². The minimum Gasteiger partial charge on any atom is -0.262 e. The first-order valence-corrected chi connectivity index (χ1v) is 7.19. The van der Waals surface area contributed by atoms with E-state index in [1.807, 2.05) is 4.72 Å². The molecule has 0 saturated heterocycles. The van der Waals surface area contributed by atoms with Gasteiger partial charge in [-0.3, -0.25) is 4.72 Å². The Balaban J connectivity index is 2.44. The quantitative estimate of drug-likeness (QED) is 0.872. The van der Waals surface area contributed by atoms with Gasteiger partial charge in [0, 0.05) is 6.07 Å². The van der Waals surface area contributed by atoms with E-state index in [1.54, 1.807) is 0 Å². The molecule has 1 heterocycles. The van der Waals surface area contributed by atoms with Crippen molar-refractivity contribution >= 4 is 39.0 Å². The Morgan fingerprint density at radius 1 is 1.15 bits per heavy atom. The summed E-state index contributed by atoms with van der Waals surface area (Å²) in [7, 11) is -4.33. The standard InChI is InChI=1S/C10H5Cl2F2N3O2S/c11-8-9(12)15-4-16-10(8)17-20(18,19)7-2-1-5(13)3-6(7)14/h1-4H,(H,15,16,17). The van der Waals surface area contributed by atoms with Crippen molar-refractivity contribution in [3.8, 4) is 0 Å². The van der Waals surface area contributed by atoms with Crippen molar-refractivity contribution in [2.75, 3.05) is 4.72 Å². The lowest BCUT2D eigenvalue weighted by atomic mass is 10.3. The number of halogens is 4. The SMILES string of the molecule is O=S(=O)(Nc1ncnc(Cl)c1Cl)c1ccc(F)cc1F. The van der Waals surface area contributed by atoms with Crippen LogP contribution >= 0.6 is 23.2 Å². The highest BCUT2D eigenvalue weighted by molar-refractivity contribution is 7.92. The second-order valence-corrected chi connectivity index (χ2v) is 5.89. The van der Waals surface area contributed by atoms with Crippen LogP contribution in [-0.4, -0.2) is 18.4 Å². The molecular formula is C10H5Cl2F2N3O2S. The van der Waals surface area contributed by atoms with Crippen molar-refractivity contribution in [2.24, 2.45) is 0 Å². The number of anilines is 1. The molecule has 0 atom stereocenters. The summed E-state index contributed by atoms with van der Waals surface area (Å²) in [5, 5.41) is -0.404. The van der Waals surface area contributed by atoms with Gasteiger partial charge in [0.15, 0.2) is 11.0 Å². The fraction of sp³-hybridized carbons (Fsp3) is 0. The van der Waals surface area contributed by atoms with Crippen LogP contribution in [-0.2, 0) is 10.0 Å². The van der Waals surface area contributed by atoms with Gasteiger partial charge >= 0.3 is 0 Å². The molecule has 0 aliphatic heterocycles. The molecule has 0 radical (unpaired) electrons. The van der Waals surface area contributed by atoms with Gasteiger partial charge in [-0.15, -0.1) is 0 Å². The summed E-state index contributed by atoms with van der Waals surface area (Å²) < 4.78 is 52.1. The van der Waals surface area contributed by atoms with E-state index in [1.165, 1.54) is 0 Å². The Morgan fingerprint density at radius 3 is 2.50 bits per heavy atom.